The average molecular weight is 251 g/mol. The number of aryl methyl sites for hydroxylation is 1. The van der Waals surface area contributed by atoms with E-state index < -0.39 is 5.82 Å². The molecule has 0 atom stereocenters. The topological polar surface area (TPSA) is 38.0 Å². The van der Waals surface area contributed by atoms with Gasteiger partial charge in [-0.1, -0.05) is 23.7 Å². The Hall–Kier alpha value is -1.74. The van der Waals surface area contributed by atoms with Gasteiger partial charge < -0.3 is 11.1 Å². The SMILES string of the molecule is Cc1ccc(Nc2cccc(Cl)c2F)cc1N. The number of nitrogens with two attached hydrogens (primary N) is 1. The molecule has 0 aliphatic rings. The molecule has 0 saturated carbocycles. The van der Waals surface area contributed by atoms with Crippen molar-refractivity contribution < 1.29 is 4.39 Å². The maximum absolute atomic E-state index is 13.6. The molecular formula is C13H12ClFN2. The lowest BCUT2D eigenvalue weighted by Gasteiger charge is -2.10. The molecule has 0 radical (unpaired) electrons. The number of benzene rings is 2. The van der Waals surface area contributed by atoms with Crippen LogP contribution < -0.4 is 11.1 Å². The maximum Gasteiger partial charge on any atom is 0.165 e. The van der Waals surface area contributed by atoms with E-state index in [4.69, 9.17) is 17.3 Å². The van der Waals surface area contributed by atoms with Gasteiger partial charge in [-0.15, -0.1) is 0 Å². The third-order valence-corrected chi connectivity index (χ3v) is 2.80. The molecule has 88 valence electrons. The van der Waals surface area contributed by atoms with Gasteiger partial charge >= 0.3 is 0 Å². The summed E-state index contributed by atoms with van der Waals surface area (Å²) in [5.41, 5.74) is 8.50. The molecule has 0 aromatic heterocycles. The number of nitrogens with one attached hydrogen (secondary N) is 1. The van der Waals surface area contributed by atoms with Gasteiger partial charge in [-0.05, 0) is 36.8 Å². The van der Waals surface area contributed by atoms with Crippen molar-refractivity contribution in [1.82, 2.24) is 0 Å². The normalized spacial score (nSPS) is 10.3. The Bertz CT molecular complexity index is 555. The first-order valence-electron chi connectivity index (χ1n) is 5.15. The number of nitrogen functional groups attached to an aromatic ring is 1. The summed E-state index contributed by atoms with van der Waals surface area (Å²) in [6.45, 7) is 1.92. The van der Waals surface area contributed by atoms with Gasteiger partial charge in [-0.25, -0.2) is 4.39 Å². The Balaban J connectivity index is 2.31. The van der Waals surface area contributed by atoms with E-state index in [1.54, 1.807) is 18.2 Å². The van der Waals surface area contributed by atoms with Crippen LogP contribution in [0.4, 0.5) is 21.5 Å². The first-order valence-corrected chi connectivity index (χ1v) is 5.53. The van der Waals surface area contributed by atoms with Crippen LogP contribution in [0.5, 0.6) is 0 Å². The lowest BCUT2D eigenvalue weighted by molar-refractivity contribution is 0.632. The highest BCUT2D eigenvalue weighted by atomic mass is 35.5. The van der Waals surface area contributed by atoms with Crippen LogP contribution in [0.1, 0.15) is 5.56 Å². The molecule has 17 heavy (non-hydrogen) atoms. The zero-order valence-corrected chi connectivity index (χ0v) is 10.1. The van der Waals surface area contributed by atoms with E-state index in [0.717, 1.165) is 11.3 Å². The molecule has 0 heterocycles. The second-order valence-corrected chi connectivity index (χ2v) is 4.20. The molecule has 2 rings (SSSR count). The lowest BCUT2D eigenvalue weighted by atomic mass is 10.2. The smallest absolute Gasteiger partial charge is 0.165 e. The molecule has 0 fully saturated rings. The average Bonchev–Trinajstić information content (AvgIpc) is 2.30. The van der Waals surface area contributed by atoms with Gasteiger partial charge in [0.2, 0.25) is 0 Å². The maximum atomic E-state index is 13.6. The van der Waals surface area contributed by atoms with Gasteiger partial charge in [0.1, 0.15) is 0 Å². The second kappa shape index (κ2) is 4.63. The van der Waals surface area contributed by atoms with Crippen molar-refractivity contribution in [1.29, 1.82) is 0 Å². The fraction of sp³-hybridized carbons (Fsp3) is 0.0769. The lowest BCUT2D eigenvalue weighted by Crippen LogP contribution is -1.96. The van der Waals surface area contributed by atoms with Crippen molar-refractivity contribution in [3.05, 3.63) is 52.8 Å². The van der Waals surface area contributed by atoms with Crippen molar-refractivity contribution in [3.63, 3.8) is 0 Å². The summed E-state index contributed by atoms with van der Waals surface area (Å²) >= 11 is 5.70. The predicted octanol–water partition coefficient (Wildman–Crippen LogP) is 4.11. The van der Waals surface area contributed by atoms with Crippen LogP contribution in [0.25, 0.3) is 0 Å². The van der Waals surface area contributed by atoms with E-state index in [2.05, 4.69) is 5.32 Å². The van der Waals surface area contributed by atoms with E-state index in [1.165, 1.54) is 6.07 Å². The first kappa shape index (κ1) is 11.7. The number of halogens is 2. The van der Waals surface area contributed by atoms with Crippen LogP contribution >= 0.6 is 11.6 Å². The van der Waals surface area contributed by atoms with E-state index in [-0.39, 0.29) is 5.02 Å². The van der Waals surface area contributed by atoms with E-state index in [1.807, 2.05) is 19.1 Å². The molecule has 0 unspecified atom stereocenters. The second-order valence-electron chi connectivity index (χ2n) is 3.80. The van der Waals surface area contributed by atoms with Gasteiger partial charge in [-0.3, -0.25) is 0 Å². The van der Waals surface area contributed by atoms with Crippen LogP contribution in [-0.4, -0.2) is 0 Å². The molecule has 2 nitrogen and oxygen atoms in total. The van der Waals surface area contributed by atoms with Crippen LogP contribution in [-0.2, 0) is 0 Å². The van der Waals surface area contributed by atoms with Gasteiger partial charge in [0.25, 0.3) is 0 Å². The van der Waals surface area contributed by atoms with Crippen LogP contribution in [0.2, 0.25) is 5.02 Å². The Morgan fingerprint density at radius 3 is 2.71 bits per heavy atom. The zero-order chi connectivity index (χ0) is 12.4. The van der Waals surface area contributed by atoms with Crippen molar-refractivity contribution in [3.8, 4) is 0 Å². The molecular weight excluding hydrogens is 239 g/mol. The minimum Gasteiger partial charge on any atom is -0.398 e. The van der Waals surface area contributed by atoms with Crippen LogP contribution in [0.3, 0.4) is 0 Å². The Labute approximate surface area is 104 Å². The number of hydrogen-bond donors (Lipinski definition) is 2. The summed E-state index contributed by atoms with van der Waals surface area (Å²) in [6, 6.07) is 10.3. The highest BCUT2D eigenvalue weighted by Gasteiger charge is 2.06. The third kappa shape index (κ3) is 2.50. The Morgan fingerprint density at radius 2 is 2.00 bits per heavy atom. The monoisotopic (exact) mass is 250 g/mol. The highest BCUT2D eigenvalue weighted by molar-refractivity contribution is 6.31. The van der Waals surface area contributed by atoms with Gasteiger partial charge in [0.05, 0.1) is 10.7 Å². The van der Waals surface area contributed by atoms with E-state index in [9.17, 15) is 4.39 Å². The fourth-order valence-electron chi connectivity index (χ4n) is 1.47. The molecule has 0 aliphatic heterocycles. The molecule has 3 N–H and O–H groups in total. The zero-order valence-electron chi connectivity index (χ0n) is 9.30. The minimum atomic E-state index is -0.465. The molecule has 0 bridgehead atoms. The van der Waals surface area contributed by atoms with Crippen LogP contribution in [0, 0.1) is 12.7 Å². The summed E-state index contributed by atoms with van der Waals surface area (Å²) in [6.07, 6.45) is 0. The number of hydrogen-bond acceptors (Lipinski definition) is 2. The molecule has 4 heteroatoms. The van der Waals surface area contributed by atoms with Gasteiger partial charge in [0, 0.05) is 11.4 Å². The molecule has 2 aromatic carbocycles. The van der Waals surface area contributed by atoms with Crippen molar-refractivity contribution in [2.24, 2.45) is 0 Å². The largest absolute Gasteiger partial charge is 0.398 e. The molecule has 2 aromatic rings. The molecule has 0 amide bonds. The minimum absolute atomic E-state index is 0.0927. The van der Waals surface area contributed by atoms with E-state index >= 15 is 0 Å². The van der Waals surface area contributed by atoms with Crippen molar-refractivity contribution in [2.75, 3.05) is 11.1 Å². The third-order valence-electron chi connectivity index (χ3n) is 2.51. The first-order chi connectivity index (χ1) is 8.08. The molecule has 0 saturated heterocycles. The quantitative estimate of drug-likeness (QED) is 0.787. The molecule has 0 spiro atoms. The fourth-order valence-corrected chi connectivity index (χ4v) is 1.65. The Kier molecular flexibility index (Phi) is 3.20. The summed E-state index contributed by atoms with van der Waals surface area (Å²) in [5.74, 6) is -0.465. The summed E-state index contributed by atoms with van der Waals surface area (Å²) in [7, 11) is 0. The number of anilines is 3. The standard InChI is InChI=1S/C13H12ClFN2/c1-8-5-6-9(7-11(8)16)17-12-4-2-3-10(14)13(12)15/h2-7,17H,16H2,1H3. The van der Waals surface area contributed by atoms with Crippen molar-refractivity contribution >= 4 is 28.7 Å². The van der Waals surface area contributed by atoms with Crippen molar-refractivity contribution in [2.45, 2.75) is 6.92 Å². The number of rotatable bonds is 2. The van der Waals surface area contributed by atoms with Gasteiger partial charge in [-0.2, -0.15) is 0 Å². The Morgan fingerprint density at radius 1 is 1.24 bits per heavy atom. The van der Waals surface area contributed by atoms with Gasteiger partial charge in [0.15, 0.2) is 5.82 Å². The van der Waals surface area contributed by atoms with Crippen LogP contribution in [0.15, 0.2) is 36.4 Å². The predicted molar refractivity (Wildman–Crippen MR) is 70.3 cm³/mol. The highest BCUT2D eigenvalue weighted by Crippen LogP contribution is 2.26. The van der Waals surface area contributed by atoms with E-state index in [0.29, 0.717) is 11.4 Å². The summed E-state index contributed by atoms with van der Waals surface area (Å²) in [4.78, 5) is 0. The summed E-state index contributed by atoms with van der Waals surface area (Å²) < 4.78 is 13.6. The molecule has 0 aliphatic carbocycles. The summed E-state index contributed by atoms with van der Waals surface area (Å²) in [5, 5.41) is 3.03.